The van der Waals surface area contributed by atoms with Crippen LogP contribution in [-0.2, 0) is 11.3 Å². The molecule has 0 aliphatic heterocycles. The van der Waals surface area contributed by atoms with E-state index in [1.165, 1.54) is 0 Å². The van der Waals surface area contributed by atoms with Gasteiger partial charge in [0.15, 0.2) is 0 Å². The SMILES string of the molecule is CC#CC(O)COCCNCCCn1ccnn1. The van der Waals surface area contributed by atoms with E-state index in [4.69, 9.17) is 4.74 Å². The van der Waals surface area contributed by atoms with Crippen molar-refractivity contribution < 1.29 is 9.84 Å². The second-order valence-electron chi connectivity index (χ2n) is 3.75. The third-order valence-corrected chi connectivity index (χ3v) is 2.22. The fourth-order valence-electron chi connectivity index (χ4n) is 1.39. The zero-order valence-corrected chi connectivity index (χ0v) is 10.7. The highest BCUT2D eigenvalue weighted by Gasteiger charge is 1.98. The van der Waals surface area contributed by atoms with Crippen LogP contribution in [0.3, 0.4) is 0 Å². The van der Waals surface area contributed by atoms with Crippen LogP contribution in [0.5, 0.6) is 0 Å². The molecule has 0 radical (unpaired) electrons. The van der Waals surface area contributed by atoms with E-state index >= 15 is 0 Å². The minimum Gasteiger partial charge on any atom is -0.378 e. The fourth-order valence-corrected chi connectivity index (χ4v) is 1.39. The summed E-state index contributed by atoms with van der Waals surface area (Å²) in [6.45, 7) is 5.07. The molecule has 0 aliphatic rings. The van der Waals surface area contributed by atoms with Crippen molar-refractivity contribution in [2.75, 3.05) is 26.3 Å². The van der Waals surface area contributed by atoms with Crippen molar-refractivity contribution in [2.45, 2.75) is 26.0 Å². The van der Waals surface area contributed by atoms with Gasteiger partial charge in [-0.2, -0.15) is 0 Å². The van der Waals surface area contributed by atoms with Crippen LogP contribution in [0.15, 0.2) is 12.4 Å². The molecule has 0 bridgehead atoms. The molecule has 0 saturated heterocycles. The molecule has 1 heterocycles. The third kappa shape index (κ3) is 7.01. The van der Waals surface area contributed by atoms with E-state index in [0.29, 0.717) is 6.61 Å². The molecule has 0 aromatic carbocycles. The van der Waals surface area contributed by atoms with Crippen LogP contribution in [0, 0.1) is 11.8 Å². The Kier molecular flexibility index (Phi) is 7.80. The molecule has 0 saturated carbocycles. The van der Waals surface area contributed by atoms with E-state index in [0.717, 1.165) is 26.1 Å². The smallest absolute Gasteiger partial charge is 0.137 e. The van der Waals surface area contributed by atoms with E-state index in [2.05, 4.69) is 27.5 Å². The molecular formula is C12H20N4O2. The van der Waals surface area contributed by atoms with Crippen LogP contribution in [0.4, 0.5) is 0 Å². The van der Waals surface area contributed by atoms with Gasteiger partial charge in [0.25, 0.3) is 0 Å². The summed E-state index contributed by atoms with van der Waals surface area (Å²) in [7, 11) is 0. The highest BCUT2D eigenvalue weighted by Crippen LogP contribution is 1.86. The molecule has 0 fully saturated rings. The first-order valence-corrected chi connectivity index (χ1v) is 6.06. The van der Waals surface area contributed by atoms with Gasteiger partial charge in [0.05, 0.1) is 19.4 Å². The first-order valence-electron chi connectivity index (χ1n) is 6.06. The molecule has 0 spiro atoms. The second-order valence-corrected chi connectivity index (χ2v) is 3.75. The van der Waals surface area contributed by atoms with Crippen LogP contribution >= 0.6 is 0 Å². The highest BCUT2D eigenvalue weighted by atomic mass is 16.5. The topological polar surface area (TPSA) is 72.2 Å². The minimum atomic E-state index is -0.678. The summed E-state index contributed by atoms with van der Waals surface area (Å²) < 4.78 is 7.06. The number of hydrogen-bond acceptors (Lipinski definition) is 5. The van der Waals surface area contributed by atoms with Gasteiger partial charge >= 0.3 is 0 Å². The van der Waals surface area contributed by atoms with Crippen molar-refractivity contribution >= 4 is 0 Å². The second kappa shape index (κ2) is 9.59. The number of ether oxygens (including phenoxy) is 1. The summed E-state index contributed by atoms with van der Waals surface area (Å²) in [5.74, 6) is 5.26. The Hall–Kier alpha value is -1.42. The summed E-state index contributed by atoms with van der Waals surface area (Å²) >= 11 is 0. The predicted molar refractivity (Wildman–Crippen MR) is 67.8 cm³/mol. The molecule has 0 aliphatic carbocycles. The third-order valence-electron chi connectivity index (χ3n) is 2.22. The van der Waals surface area contributed by atoms with Crippen molar-refractivity contribution in [3.05, 3.63) is 12.4 Å². The Morgan fingerprint density at radius 1 is 1.50 bits per heavy atom. The van der Waals surface area contributed by atoms with Gasteiger partial charge in [0.2, 0.25) is 0 Å². The van der Waals surface area contributed by atoms with Gasteiger partial charge in [-0.05, 0) is 19.9 Å². The molecule has 1 aromatic heterocycles. The van der Waals surface area contributed by atoms with Crippen LogP contribution in [0.25, 0.3) is 0 Å². The van der Waals surface area contributed by atoms with Crippen LogP contribution in [-0.4, -0.2) is 52.5 Å². The largest absolute Gasteiger partial charge is 0.378 e. The molecule has 1 unspecified atom stereocenters. The summed E-state index contributed by atoms with van der Waals surface area (Å²) in [4.78, 5) is 0. The summed E-state index contributed by atoms with van der Waals surface area (Å²) in [6.07, 6.45) is 3.83. The first-order chi connectivity index (χ1) is 8.83. The summed E-state index contributed by atoms with van der Waals surface area (Å²) in [6, 6.07) is 0. The average molecular weight is 252 g/mol. The molecule has 6 heteroatoms. The van der Waals surface area contributed by atoms with Gasteiger partial charge < -0.3 is 15.2 Å². The van der Waals surface area contributed by atoms with Gasteiger partial charge in [0.1, 0.15) is 6.10 Å². The Balaban J connectivity index is 1.85. The molecule has 1 atom stereocenters. The maximum atomic E-state index is 9.26. The van der Waals surface area contributed by atoms with E-state index in [1.54, 1.807) is 17.8 Å². The van der Waals surface area contributed by atoms with E-state index in [9.17, 15) is 5.11 Å². The number of hydrogen-bond donors (Lipinski definition) is 2. The molecule has 18 heavy (non-hydrogen) atoms. The zero-order chi connectivity index (χ0) is 13.1. The number of aliphatic hydroxyl groups excluding tert-OH is 1. The van der Waals surface area contributed by atoms with Gasteiger partial charge in [-0.15, -0.1) is 11.0 Å². The maximum absolute atomic E-state index is 9.26. The Labute approximate surface area is 107 Å². The molecule has 6 nitrogen and oxygen atoms in total. The van der Waals surface area contributed by atoms with Crippen molar-refractivity contribution in [2.24, 2.45) is 0 Å². The zero-order valence-electron chi connectivity index (χ0n) is 10.7. The van der Waals surface area contributed by atoms with E-state index in [-0.39, 0.29) is 6.61 Å². The van der Waals surface area contributed by atoms with Crippen LogP contribution < -0.4 is 5.32 Å². The number of aliphatic hydroxyl groups is 1. The lowest BCUT2D eigenvalue weighted by molar-refractivity contribution is 0.0653. The predicted octanol–water partition coefficient (Wildman–Crippen LogP) is -0.341. The molecular weight excluding hydrogens is 232 g/mol. The van der Waals surface area contributed by atoms with Crippen molar-refractivity contribution in [1.29, 1.82) is 0 Å². The minimum absolute atomic E-state index is 0.265. The van der Waals surface area contributed by atoms with Gasteiger partial charge in [-0.3, -0.25) is 4.68 Å². The molecule has 1 aromatic rings. The molecule has 100 valence electrons. The Bertz CT molecular complexity index is 356. The molecule has 2 N–H and O–H groups in total. The van der Waals surface area contributed by atoms with Gasteiger partial charge in [-0.25, -0.2) is 0 Å². The number of rotatable bonds is 9. The maximum Gasteiger partial charge on any atom is 0.137 e. The quantitative estimate of drug-likeness (QED) is 0.464. The van der Waals surface area contributed by atoms with Crippen molar-refractivity contribution in [1.82, 2.24) is 20.3 Å². The lowest BCUT2D eigenvalue weighted by Gasteiger charge is -2.07. The Morgan fingerprint density at radius 3 is 3.11 bits per heavy atom. The number of aryl methyl sites for hydroxylation is 1. The van der Waals surface area contributed by atoms with Gasteiger partial charge in [0, 0.05) is 19.3 Å². The summed E-state index contributed by atoms with van der Waals surface area (Å²) in [5, 5.41) is 20.1. The number of aromatic nitrogens is 3. The van der Waals surface area contributed by atoms with Gasteiger partial charge in [-0.1, -0.05) is 11.1 Å². The fraction of sp³-hybridized carbons (Fsp3) is 0.667. The molecule has 1 rings (SSSR count). The van der Waals surface area contributed by atoms with Crippen LogP contribution in [0.2, 0.25) is 0 Å². The number of nitrogens with zero attached hydrogens (tertiary/aromatic N) is 3. The van der Waals surface area contributed by atoms with Crippen molar-refractivity contribution in [3.63, 3.8) is 0 Å². The van der Waals surface area contributed by atoms with E-state index < -0.39 is 6.10 Å². The highest BCUT2D eigenvalue weighted by molar-refractivity contribution is 5.01. The normalized spacial score (nSPS) is 11.9. The van der Waals surface area contributed by atoms with Crippen molar-refractivity contribution in [3.8, 4) is 11.8 Å². The Morgan fingerprint density at radius 2 is 2.39 bits per heavy atom. The van der Waals surface area contributed by atoms with Crippen LogP contribution in [0.1, 0.15) is 13.3 Å². The lowest BCUT2D eigenvalue weighted by Crippen LogP contribution is -2.24. The average Bonchev–Trinajstić information content (AvgIpc) is 2.86. The lowest BCUT2D eigenvalue weighted by atomic mass is 10.4. The number of nitrogens with one attached hydrogen (secondary N) is 1. The standard InChI is InChI=1S/C12H20N4O2/c1-2-4-12(17)11-18-10-7-13-5-3-8-16-9-6-14-15-16/h6,9,12-13,17H,3,5,7-8,10-11H2,1H3. The van der Waals surface area contributed by atoms with E-state index in [1.807, 2.05) is 6.20 Å². The monoisotopic (exact) mass is 252 g/mol. The molecule has 0 amide bonds. The summed E-state index contributed by atoms with van der Waals surface area (Å²) in [5.41, 5.74) is 0. The first kappa shape index (κ1) is 14.6.